The van der Waals surface area contributed by atoms with Crippen LogP contribution in [0.5, 0.6) is 0 Å². The van der Waals surface area contributed by atoms with Gasteiger partial charge in [-0.3, -0.25) is 4.79 Å². The number of nitrogens with one attached hydrogen (secondary N) is 1. The molecule has 122 valence electrons. The molecule has 0 bridgehead atoms. The Labute approximate surface area is 140 Å². The van der Waals surface area contributed by atoms with E-state index in [1.807, 2.05) is 29.2 Å². The standard InChI is InChI=1S/C15H20Cl2N2O3/c1-11(20)18-14(15(21)22)10-12-2-4-13(5-3-12)19(8-6-16)9-7-17/h2-5,14H,6-10H2,1H3,(H,18,20)(H,21,22)/p-1/t14-/m0/s1. The molecule has 7 heteroatoms. The van der Waals surface area contributed by atoms with Crippen LogP contribution in [0.3, 0.4) is 0 Å². The van der Waals surface area contributed by atoms with Crippen LogP contribution < -0.4 is 15.3 Å². The highest BCUT2D eigenvalue weighted by Crippen LogP contribution is 2.16. The summed E-state index contributed by atoms with van der Waals surface area (Å²) in [4.78, 5) is 24.1. The number of halogens is 2. The number of nitrogens with zero attached hydrogens (tertiary/aromatic N) is 1. The molecule has 0 aliphatic carbocycles. The Balaban J connectivity index is 2.78. The van der Waals surface area contributed by atoms with Crippen molar-refractivity contribution in [2.45, 2.75) is 19.4 Å². The van der Waals surface area contributed by atoms with Crippen molar-refractivity contribution in [3.8, 4) is 0 Å². The van der Waals surface area contributed by atoms with Gasteiger partial charge in [-0.25, -0.2) is 0 Å². The number of benzene rings is 1. The van der Waals surface area contributed by atoms with Crippen LogP contribution in [0.15, 0.2) is 24.3 Å². The number of rotatable bonds is 9. The first kappa shape index (κ1) is 18.6. The zero-order chi connectivity index (χ0) is 16.5. The third kappa shape index (κ3) is 6.12. The fourth-order valence-electron chi connectivity index (χ4n) is 2.09. The molecule has 1 N–H and O–H groups in total. The summed E-state index contributed by atoms with van der Waals surface area (Å²) in [5.74, 6) is -0.714. The second-order valence-electron chi connectivity index (χ2n) is 4.81. The molecule has 1 atom stereocenters. The highest BCUT2D eigenvalue weighted by molar-refractivity contribution is 6.18. The molecular formula is C15H19Cl2N2O3-. The maximum Gasteiger partial charge on any atom is 0.217 e. The smallest absolute Gasteiger partial charge is 0.217 e. The molecule has 0 saturated heterocycles. The van der Waals surface area contributed by atoms with Crippen LogP contribution >= 0.6 is 23.2 Å². The van der Waals surface area contributed by atoms with Gasteiger partial charge < -0.3 is 20.1 Å². The Morgan fingerprint density at radius 3 is 2.14 bits per heavy atom. The largest absolute Gasteiger partial charge is 0.548 e. The van der Waals surface area contributed by atoms with E-state index < -0.39 is 17.9 Å². The molecule has 5 nitrogen and oxygen atoms in total. The molecule has 0 aliphatic rings. The lowest BCUT2D eigenvalue weighted by molar-refractivity contribution is -0.308. The average molecular weight is 346 g/mol. The second kappa shape index (κ2) is 9.54. The third-order valence-electron chi connectivity index (χ3n) is 3.11. The summed E-state index contributed by atoms with van der Waals surface area (Å²) in [6.07, 6.45) is 0.174. The van der Waals surface area contributed by atoms with Crippen molar-refractivity contribution in [1.82, 2.24) is 5.32 Å². The zero-order valence-corrected chi connectivity index (χ0v) is 13.9. The molecule has 0 saturated carbocycles. The summed E-state index contributed by atoms with van der Waals surface area (Å²) in [5, 5.41) is 13.4. The molecule has 0 spiro atoms. The molecule has 0 radical (unpaired) electrons. The monoisotopic (exact) mass is 345 g/mol. The lowest BCUT2D eigenvalue weighted by atomic mass is 10.1. The fourth-order valence-corrected chi connectivity index (χ4v) is 2.50. The zero-order valence-electron chi connectivity index (χ0n) is 12.4. The van der Waals surface area contributed by atoms with Gasteiger partial charge in [-0.2, -0.15) is 0 Å². The van der Waals surface area contributed by atoms with E-state index in [9.17, 15) is 14.7 Å². The van der Waals surface area contributed by atoms with E-state index in [-0.39, 0.29) is 6.42 Å². The average Bonchev–Trinajstić information content (AvgIpc) is 2.46. The van der Waals surface area contributed by atoms with Crippen molar-refractivity contribution in [1.29, 1.82) is 0 Å². The quantitative estimate of drug-likeness (QED) is 0.671. The van der Waals surface area contributed by atoms with Gasteiger partial charge in [-0.15, -0.1) is 23.2 Å². The molecular weight excluding hydrogens is 327 g/mol. The van der Waals surface area contributed by atoms with Gasteiger partial charge in [-0.05, 0) is 24.1 Å². The first-order chi connectivity index (χ1) is 10.5. The summed E-state index contributed by atoms with van der Waals surface area (Å²) >= 11 is 11.5. The van der Waals surface area contributed by atoms with Gasteiger partial charge in [0.25, 0.3) is 0 Å². The number of amides is 1. The van der Waals surface area contributed by atoms with Crippen molar-refractivity contribution in [2.75, 3.05) is 29.7 Å². The lowest BCUT2D eigenvalue weighted by Crippen LogP contribution is -2.48. The number of carbonyl (C=O) groups is 2. The number of hydrogen-bond donors (Lipinski definition) is 1. The summed E-state index contributed by atoms with van der Waals surface area (Å²) in [6.45, 7) is 2.64. The normalized spacial score (nSPS) is 11.8. The van der Waals surface area contributed by atoms with Gasteiger partial charge in [0, 0.05) is 37.5 Å². The second-order valence-corrected chi connectivity index (χ2v) is 5.56. The van der Waals surface area contributed by atoms with Gasteiger partial charge in [0.2, 0.25) is 5.91 Å². The van der Waals surface area contributed by atoms with Crippen LogP contribution in [0, 0.1) is 0 Å². The van der Waals surface area contributed by atoms with E-state index >= 15 is 0 Å². The molecule has 1 aromatic carbocycles. The topological polar surface area (TPSA) is 72.5 Å². The Morgan fingerprint density at radius 2 is 1.73 bits per heavy atom. The minimum atomic E-state index is -1.30. The number of carboxylic acids is 1. The van der Waals surface area contributed by atoms with Crippen LogP contribution in [-0.2, 0) is 16.0 Å². The van der Waals surface area contributed by atoms with E-state index in [2.05, 4.69) is 5.32 Å². The molecule has 22 heavy (non-hydrogen) atoms. The van der Waals surface area contributed by atoms with Gasteiger partial charge in [0.05, 0.1) is 12.0 Å². The highest BCUT2D eigenvalue weighted by Gasteiger charge is 2.12. The molecule has 1 aromatic rings. The number of carbonyl (C=O) groups excluding carboxylic acids is 2. The highest BCUT2D eigenvalue weighted by atomic mass is 35.5. The van der Waals surface area contributed by atoms with Crippen LogP contribution in [0.4, 0.5) is 5.69 Å². The van der Waals surface area contributed by atoms with E-state index in [0.29, 0.717) is 24.8 Å². The first-order valence-electron chi connectivity index (χ1n) is 6.91. The molecule has 0 unspecified atom stereocenters. The maximum atomic E-state index is 11.0. The Kier molecular flexibility index (Phi) is 8.06. The Morgan fingerprint density at radius 1 is 1.18 bits per heavy atom. The molecule has 0 aliphatic heterocycles. The number of anilines is 1. The van der Waals surface area contributed by atoms with Crippen LogP contribution in [0.1, 0.15) is 12.5 Å². The molecule has 1 rings (SSSR count). The minimum Gasteiger partial charge on any atom is -0.548 e. The maximum absolute atomic E-state index is 11.0. The van der Waals surface area contributed by atoms with Crippen LogP contribution in [0.2, 0.25) is 0 Å². The number of carboxylic acid groups (broad SMARTS) is 1. The van der Waals surface area contributed by atoms with Gasteiger partial charge >= 0.3 is 0 Å². The molecule has 0 aromatic heterocycles. The predicted molar refractivity (Wildman–Crippen MR) is 86.4 cm³/mol. The van der Waals surface area contributed by atoms with E-state index in [1.165, 1.54) is 6.92 Å². The van der Waals surface area contributed by atoms with Crippen LogP contribution in [0.25, 0.3) is 0 Å². The summed E-state index contributed by atoms with van der Waals surface area (Å²) < 4.78 is 0. The lowest BCUT2D eigenvalue weighted by Gasteiger charge is -2.23. The summed E-state index contributed by atoms with van der Waals surface area (Å²) in [7, 11) is 0. The van der Waals surface area contributed by atoms with E-state index in [1.54, 1.807) is 0 Å². The fraction of sp³-hybridized carbons (Fsp3) is 0.467. The number of aliphatic carboxylic acids is 1. The molecule has 1 amide bonds. The van der Waals surface area contributed by atoms with Gasteiger partial charge in [0.1, 0.15) is 0 Å². The van der Waals surface area contributed by atoms with Gasteiger partial charge in [0.15, 0.2) is 0 Å². The number of hydrogen-bond acceptors (Lipinski definition) is 4. The summed E-state index contributed by atoms with van der Waals surface area (Å²) in [5.41, 5.74) is 1.76. The van der Waals surface area contributed by atoms with E-state index in [4.69, 9.17) is 23.2 Å². The molecule has 0 fully saturated rings. The van der Waals surface area contributed by atoms with Gasteiger partial charge in [-0.1, -0.05) is 12.1 Å². The first-order valence-corrected chi connectivity index (χ1v) is 7.98. The Hall–Kier alpha value is -1.46. The molecule has 0 heterocycles. The minimum absolute atomic E-state index is 0.174. The van der Waals surface area contributed by atoms with Crippen molar-refractivity contribution in [2.24, 2.45) is 0 Å². The number of alkyl halides is 2. The van der Waals surface area contributed by atoms with Crippen molar-refractivity contribution < 1.29 is 14.7 Å². The summed E-state index contributed by atoms with van der Waals surface area (Å²) in [6, 6.07) is 6.37. The van der Waals surface area contributed by atoms with Crippen molar-refractivity contribution >= 4 is 40.8 Å². The van der Waals surface area contributed by atoms with Crippen molar-refractivity contribution in [3.63, 3.8) is 0 Å². The van der Waals surface area contributed by atoms with Crippen molar-refractivity contribution in [3.05, 3.63) is 29.8 Å². The Bertz CT molecular complexity index is 488. The van der Waals surface area contributed by atoms with Crippen LogP contribution in [-0.4, -0.2) is 42.8 Å². The predicted octanol–water partition coefficient (Wildman–Crippen LogP) is 0.768. The van der Waals surface area contributed by atoms with E-state index in [0.717, 1.165) is 11.3 Å². The SMILES string of the molecule is CC(=O)N[C@@H](Cc1ccc(N(CCCl)CCCl)cc1)C(=O)[O-]. The third-order valence-corrected chi connectivity index (χ3v) is 3.45.